The van der Waals surface area contributed by atoms with E-state index in [0.717, 1.165) is 54.5 Å². The van der Waals surface area contributed by atoms with Crippen molar-refractivity contribution in [3.05, 3.63) is 112 Å². The Bertz CT molecular complexity index is 2370. The van der Waals surface area contributed by atoms with Gasteiger partial charge in [-0.05, 0) is 97.3 Å². The zero-order valence-corrected chi connectivity index (χ0v) is 36.5. The summed E-state index contributed by atoms with van der Waals surface area (Å²) >= 11 is 0. The van der Waals surface area contributed by atoms with E-state index in [1.165, 1.54) is 33.7 Å². The highest BCUT2D eigenvalue weighted by molar-refractivity contribution is 8.76. The van der Waals surface area contributed by atoms with Crippen LogP contribution in [0.2, 0.25) is 0 Å². The number of rotatable bonds is 5. The number of carbonyl (C=O) groups excluding carboxylic acids is 3. The van der Waals surface area contributed by atoms with Crippen LogP contribution in [0.4, 0.5) is 0 Å². The molecule has 15 heteroatoms. The summed E-state index contributed by atoms with van der Waals surface area (Å²) in [6, 6.07) is 12.0. The van der Waals surface area contributed by atoms with Gasteiger partial charge in [0.15, 0.2) is 11.6 Å². The Hall–Kier alpha value is -3.93. The van der Waals surface area contributed by atoms with Gasteiger partial charge in [0.2, 0.25) is 6.29 Å². The van der Waals surface area contributed by atoms with E-state index >= 15 is 4.79 Å². The third-order valence-corrected chi connectivity index (χ3v) is 18.4. The zero-order valence-electron chi connectivity index (χ0n) is 34.8. The predicted octanol–water partition coefficient (Wildman–Crippen LogP) is 4.58. The average Bonchev–Trinajstić information content (AvgIpc) is 3.89. The maximum absolute atomic E-state index is 15.4. The first kappa shape index (κ1) is 43.0. The number of hydrogen-bond acceptors (Lipinski definition) is 15. The van der Waals surface area contributed by atoms with E-state index in [0.29, 0.717) is 37.3 Å². The van der Waals surface area contributed by atoms with E-state index in [1.807, 2.05) is 24.3 Å². The Labute approximate surface area is 373 Å². The highest BCUT2D eigenvalue weighted by Crippen LogP contribution is 2.69. The molecular formula is C48H54N2O11S2. The Morgan fingerprint density at radius 2 is 1.78 bits per heavy atom. The van der Waals surface area contributed by atoms with Crippen LogP contribution < -0.4 is 15.4 Å². The lowest BCUT2D eigenvalue weighted by atomic mass is 9.51. The SMILES string of the molecule is O=C[C@H]1CCC[C@]12CC[C@]1(C2)C2=CCNC(=C2)NCSSC[C@]23C(=O)c4c(cccc4C(=O)[C@H]2C=C(Cc2cccc(CO)c2)C=C3O)O[C@@H]2O[C@@]3(CO)CC[C@H]1[C@](O)([C@@H]3O)[C@H]2O. The standard InChI is InChI=1S/C48H54N2O11S2/c51-21-28-5-1-4-27(16-28)17-29-18-33-39(55)32-7-2-8-34-38(32)40(56)47(33,36(54)19-29)25-62-63-26-50-37-20-30(10-15-49-37)45(14-13-44(23-45)11-3-6-31(44)22-52)35-9-12-46(24-53)43(58)48(35,59)41(57)42(60-34)61-46/h1-2,4-5,7-8,10,16,18-20,22,31,33,35,41-43,49-51,53-54,57-59H,3,6,9,11-15,17,21,23-26H2/t31-,33-,35-,41+,42-,43-,44-,45+,46-,47+,48-/m1/s1. The summed E-state index contributed by atoms with van der Waals surface area (Å²) in [5.41, 5.74) is -3.81. The van der Waals surface area contributed by atoms with Gasteiger partial charge < -0.3 is 55.5 Å². The summed E-state index contributed by atoms with van der Waals surface area (Å²) in [6.45, 7) is -0.388. The first-order chi connectivity index (χ1) is 30.4. The topological polar surface area (TPSA) is 215 Å². The number of ether oxygens (including phenoxy) is 2. The number of aliphatic hydroxyl groups is 6. The van der Waals surface area contributed by atoms with Gasteiger partial charge in [-0.1, -0.05) is 76.6 Å². The van der Waals surface area contributed by atoms with E-state index in [-0.39, 0.29) is 59.2 Å². The van der Waals surface area contributed by atoms with E-state index in [2.05, 4.69) is 16.7 Å². The van der Waals surface area contributed by atoms with Gasteiger partial charge in [0, 0.05) is 35.1 Å². The second-order valence-corrected chi connectivity index (χ2v) is 21.5. The van der Waals surface area contributed by atoms with Crippen molar-refractivity contribution in [2.24, 2.45) is 34.0 Å². The molecule has 2 aromatic carbocycles. The number of carbonyl (C=O) groups is 3. The summed E-state index contributed by atoms with van der Waals surface area (Å²) in [6.07, 6.45) is 8.28. The number of benzene rings is 2. The summed E-state index contributed by atoms with van der Waals surface area (Å²) in [4.78, 5) is 42.8. The fraction of sp³-hybridized carbons (Fsp3) is 0.521. The molecule has 8 aliphatic rings. The second kappa shape index (κ2) is 15.9. The fourth-order valence-corrected chi connectivity index (χ4v) is 15.3. The minimum atomic E-state index is -2.31. The van der Waals surface area contributed by atoms with Crippen LogP contribution in [-0.2, 0) is 22.6 Å². The van der Waals surface area contributed by atoms with Crippen LogP contribution >= 0.6 is 21.6 Å². The molecule has 0 unspecified atom stereocenters. The Morgan fingerprint density at radius 1 is 0.952 bits per heavy atom. The highest BCUT2D eigenvalue weighted by atomic mass is 33.1. The summed E-state index contributed by atoms with van der Waals surface area (Å²) in [5.74, 6) is -2.26. The molecule has 3 saturated carbocycles. The van der Waals surface area contributed by atoms with Gasteiger partial charge in [-0.3, -0.25) is 9.59 Å². The minimum absolute atomic E-state index is 0.0129. The van der Waals surface area contributed by atoms with Crippen LogP contribution in [0.3, 0.4) is 0 Å². The first-order valence-corrected chi connectivity index (χ1v) is 24.5. The molecule has 0 aromatic heterocycles. The summed E-state index contributed by atoms with van der Waals surface area (Å²) in [7, 11) is 2.78. The van der Waals surface area contributed by atoms with Gasteiger partial charge in [-0.25, -0.2) is 0 Å². The molecule has 0 amide bonds. The smallest absolute Gasteiger partial charge is 0.229 e. The molecule has 3 heterocycles. The lowest BCUT2D eigenvalue weighted by molar-refractivity contribution is -0.383. The lowest BCUT2D eigenvalue weighted by Crippen LogP contribution is -2.79. The number of aliphatic hydroxyl groups excluding tert-OH is 5. The molecule has 5 aliphatic carbocycles. The lowest BCUT2D eigenvalue weighted by Gasteiger charge is -2.63. The molecule has 11 atom stereocenters. The summed E-state index contributed by atoms with van der Waals surface area (Å²) in [5, 5.41) is 78.0. The van der Waals surface area contributed by atoms with Gasteiger partial charge in [0.05, 0.1) is 36.4 Å². The third kappa shape index (κ3) is 6.39. The van der Waals surface area contributed by atoms with Gasteiger partial charge >= 0.3 is 0 Å². The van der Waals surface area contributed by atoms with Crippen LogP contribution in [0.25, 0.3) is 0 Å². The van der Waals surface area contributed by atoms with Crippen LogP contribution in [0.15, 0.2) is 89.5 Å². The number of nitrogens with one attached hydrogen (secondary N) is 2. The molecule has 63 heavy (non-hydrogen) atoms. The molecule has 10 rings (SSSR count). The summed E-state index contributed by atoms with van der Waals surface area (Å²) < 4.78 is 12.9. The van der Waals surface area contributed by atoms with Gasteiger partial charge in [-0.2, -0.15) is 0 Å². The molecule has 7 bridgehead atoms. The number of Topliss-reactive ketones (excluding diaryl/α,β-unsaturated/α-hetero) is 2. The van der Waals surface area contributed by atoms with Crippen molar-refractivity contribution < 1.29 is 54.5 Å². The van der Waals surface area contributed by atoms with Gasteiger partial charge in [-0.15, -0.1) is 0 Å². The van der Waals surface area contributed by atoms with E-state index in [9.17, 15) is 40.2 Å². The van der Waals surface area contributed by atoms with Crippen LogP contribution in [0, 0.1) is 34.0 Å². The number of hydrogen-bond donors (Lipinski definition) is 8. The Balaban J connectivity index is 1.09. The van der Waals surface area contributed by atoms with Gasteiger partial charge in [0.25, 0.3) is 0 Å². The Kier molecular flexibility index (Phi) is 10.8. The van der Waals surface area contributed by atoms with Crippen molar-refractivity contribution >= 4 is 39.4 Å². The first-order valence-electron chi connectivity index (χ1n) is 22.0. The van der Waals surface area contributed by atoms with Crippen LogP contribution in [0.1, 0.15) is 83.2 Å². The molecule has 1 saturated heterocycles. The van der Waals surface area contributed by atoms with Crippen molar-refractivity contribution in [3.63, 3.8) is 0 Å². The maximum atomic E-state index is 15.4. The largest absolute Gasteiger partial charge is 0.511 e. The van der Waals surface area contributed by atoms with Crippen molar-refractivity contribution in [3.8, 4) is 5.75 Å². The fourth-order valence-electron chi connectivity index (χ4n) is 13.0. The number of ketones is 2. The predicted molar refractivity (Wildman–Crippen MR) is 235 cm³/mol. The quantitative estimate of drug-likeness (QED) is 0.152. The van der Waals surface area contributed by atoms with Crippen LogP contribution in [-0.4, -0.2) is 103 Å². The molecule has 8 N–H and O–H groups in total. The van der Waals surface area contributed by atoms with Crippen molar-refractivity contribution in [1.29, 1.82) is 0 Å². The van der Waals surface area contributed by atoms with Crippen molar-refractivity contribution in [2.75, 3.05) is 24.8 Å². The number of dihydropyridines is 1. The van der Waals surface area contributed by atoms with Crippen LogP contribution in [0.5, 0.6) is 5.75 Å². The molecule has 4 fully saturated rings. The van der Waals surface area contributed by atoms with E-state index in [4.69, 9.17) is 9.47 Å². The second-order valence-electron chi connectivity index (χ2n) is 19.0. The third-order valence-electron chi connectivity index (χ3n) is 16.1. The normalized spacial score (nSPS) is 39.4. The molecule has 13 nitrogen and oxygen atoms in total. The molecule has 3 aliphatic heterocycles. The minimum Gasteiger partial charge on any atom is -0.511 e. The van der Waals surface area contributed by atoms with Crippen molar-refractivity contribution in [1.82, 2.24) is 10.6 Å². The number of fused-ring (bicyclic) bond motifs is 5. The highest BCUT2D eigenvalue weighted by Gasteiger charge is 2.73. The average molecular weight is 899 g/mol. The molecular weight excluding hydrogens is 845 g/mol. The van der Waals surface area contributed by atoms with Crippen molar-refractivity contribution in [2.45, 2.75) is 94.1 Å². The molecule has 2 aromatic rings. The number of aldehydes is 1. The molecule has 3 spiro atoms. The van der Waals surface area contributed by atoms with E-state index < -0.39 is 70.5 Å². The monoisotopic (exact) mass is 898 g/mol. The maximum Gasteiger partial charge on any atom is 0.229 e. The zero-order chi connectivity index (χ0) is 43.9. The Morgan fingerprint density at radius 3 is 2.59 bits per heavy atom. The molecule has 0 radical (unpaired) electrons. The number of allylic oxidation sites excluding steroid dienone is 6. The molecule has 334 valence electrons. The van der Waals surface area contributed by atoms with E-state index in [1.54, 1.807) is 24.3 Å². The van der Waals surface area contributed by atoms with Gasteiger partial charge in [0.1, 0.15) is 46.6 Å².